The van der Waals surface area contributed by atoms with Gasteiger partial charge >= 0.3 is 6.55 Å². The van der Waals surface area contributed by atoms with Gasteiger partial charge in [-0.3, -0.25) is 19.5 Å². The molecule has 2 aromatic carbocycles. The van der Waals surface area contributed by atoms with E-state index in [1.807, 2.05) is 35.2 Å². The molecule has 1 atom stereocenters. The number of piperazine rings is 1. The summed E-state index contributed by atoms with van der Waals surface area (Å²) in [6.45, 7) is -1.27. The Morgan fingerprint density at radius 2 is 1.73 bits per heavy atom. The van der Waals surface area contributed by atoms with E-state index in [4.69, 9.17) is 4.42 Å². The number of amides is 2. The van der Waals surface area contributed by atoms with E-state index in [1.54, 1.807) is 41.3 Å². The molecule has 5 aromatic rings. The maximum Gasteiger partial charge on any atom is 0.350 e. The second-order valence-corrected chi connectivity index (χ2v) is 11.1. The van der Waals surface area contributed by atoms with E-state index in [0.29, 0.717) is 54.2 Å². The highest BCUT2D eigenvalue weighted by molar-refractivity contribution is 6.00. The summed E-state index contributed by atoms with van der Waals surface area (Å²) in [5.74, 6) is -0.231. The highest BCUT2D eigenvalue weighted by atomic mass is 19.3. The summed E-state index contributed by atoms with van der Waals surface area (Å²) >= 11 is 0. The van der Waals surface area contributed by atoms with Crippen LogP contribution in [0.2, 0.25) is 0 Å². The summed E-state index contributed by atoms with van der Waals surface area (Å²) in [4.78, 5) is 33.9. The van der Waals surface area contributed by atoms with Crippen molar-refractivity contribution in [1.29, 1.82) is 0 Å². The van der Waals surface area contributed by atoms with Gasteiger partial charge in [-0.25, -0.2) is 4.39 Å². The fraction of sp³-hybridized carbons (Fsp3) is 0.290. The van der Waals surface area contributed by atoms with Gasteiger partial charge in [-0.05, 0) is 60.0 Å². The Morgan fingerprint density at radius 3 is 2.44 bits per heavy atom. The van der Waals surface area contributed by atoms with E-state index in [9.17, 15) is 22.8 Å². The van der Waals surface area contributed by atoms with Crippen LogP contribution in [0.25, 0.3) is 22.3 Å². The third kappa shape index (κ3) is 5.76. The van der Waals surface area contributed by atoms with Crippen molar-refractivity contribution in [3.8, 4) is 11.3 Å². The van der Waals surface area contributed by atoms with E-state index in [0.717, 1.165) is 5.56 Å². The van der Waals surface area contributed by atoms with E-state index in [1.165, 1.54) is 6.20 Å². The molecular weight excluding hydrogens is 589 g/mol. The van der Waals surface area contributed by atoms with Crippen LogP contribution in [0.5, 0.6) is 0 Å². The molecule has 2 aliphatic rings. The van der Waals surface area contributed by atoms with Crippen LogP contribution in [0.1, 0.15) is 47.3 Å². The number of hydrogen-bond donors (Lipinski definition) is 1. The number of carbonyl (C=O) groups excluding carboxylic acids is 2. The van der Waals surface area contributed by atoms with Gasteiger partial charge in [-0.1, -0.05) is 35.1 Å². The van der Waals surface area contributed by atoms with Crippen molar-refractivity contribution >= 4 is 28.5 Å². The summed E-state index contributed by atoms with van der Waals surface area (Å²) in [6, 6.07) is 19.1. The molecule has 1 saturated heterocycles. The molecule has 14 heteroatoms. The predicted octanol–water partition coefficient (Wildman–Crippen LogP) is 4.86. The summed E-state index contributed by atoms with van der Waals surface area (Å²) in [5, 5.41) is 14.7. The molecule has 2 fully saturated rings. The maximum atomic E-state index is 14.1. The molecule has 0 radical (unpaired) electrons. The number of pyridine rings is 1. The lowest BCUT2D eigenvalue weighted by atomic mass is 10.0. The largest absolute Gasteiger partial charge is 0.456 e. The number of fused-ring (bicyclic) bond motifs is 1. The van der Waals surface area contributed by atoms with Crippen molar-refractivity contribution in [2.75, 3.05) is 31.5 Å². The first-order valence-electron chi connectivity index (χ1n) is 14.4. The first-order valence-corrected chi connectivity index (χ1v) is 14.4. The molecule has 45 heavy (non-hydrogen) atoms. The highest BCUT2D eigenvalue weighted by Crippen LogP contribution is 2.41. The molecule has 230 valence electrons. The monoisotopic (exact) mass is 616 g/mol. The Bertz CT molecular complexity index is 1870. The number of furan rings is 1. The molecule has 1 aliphatic heterocycles. The average molecular weight is 617 g/mol. The maximum absolute atomic E-state index is 14.1. The van der Waals surface area contributed by atoms with Gasteiger partial charge in [-0.2, -0.15) is 8.78 Å². The molecule has 11 nitrogen and oxygen atoms in total. The number of tetrazole rings is 1. The minimum absolute atomic E-state index is 0.158. The normalized spacial score (nSPS) is 17.0. The Kier molecular flexibility index (Phi) is 7.28. The molecule has 1 saturated carbocycles. The fourth-order valence-corrected chi connectivity index (χ4v) is 5.48. The minimum Gasteiger partial charge on any atom is -0.456 e. The van der Waals surface area contributed by atoms with Crippen LogP contribution in [0.3, 0.4) is 0 Å². The Hall–Kier alpha value is -5.11. The van der Waals surface area contributed by atoms with Gasteiger partial charge < -0.3 is 14.6 Å². The van der Waals surface area contributed by atoms with Gasteiger partial charge in [0, 0.05) is 49.0 Å². The number of aromatic nitrogens is 5. The average Bonchev–Trinajstić information content (AvgIpc) is 3.43. The Balaban J connectivity index is 1.05. The molecule has 0 spiro atoms. The standard InChI is InChI=1S/C31H27F3N8O3/c32-30(33)42-38-27(37-39-42)26(19-4-2-1-3-5-19)40-12-14-41(15-13-40)28(43)23-17-20(8-11-35-23)25-18-21-16-22(6-7-24(21)45-25)36-29(44)31(34)9-10-31/h1-8,11,16-18,26,30H,9-10,12-15H2,(H,36,44)/t26-/m0/s1. The summed E-state index contributed by atoms with van der Waals surface area (Å²) in [5.41, 5.74) is 0.982. The number of hydrogen-bond acceptors (Lipinski definition) is 8. The van der Waals surface area contributed by atoms with Crippen LogP contribution < -0.4 is 5.32 Å². The van der Waals surface area contributed by atoms with Crippen LogP contribution in [0.15, 0.2) is 77.3 Å². The zero-order chi connectivity index (χ0) is 31.1. The third-order valence-electron chi connectivity index (χ3n) is 8.08. The molecule has 3 aromatic heterocycles. The number of halogens is 3. The van der Waals surface area contributed by atoms with Gasteiger partial charge in [0.15, 0.2) is 11.5 Å². The number of rotatable bonds is 8. The molecule has 7 rings (SSSR count). The van der Waals surface area contributed by atoms with Crippen molar-refractivity contribution in [3.05, 3.63) is 90.0 Å². The zero-order valence-electron chi connectivity index (χ0n) is 23.8. The Morgan fingerprint density at radius 1 is 0.956 bits per heavy atom. The van der Waals surface area contributed by atoms with E-state index in [-0.39, 0.29) is 35.1 Å². The van der Waals surface area contributed by atoms with Crippen molar-refractivity contribution < 1.29 is 27.2 Å². The van der Waals surface area contributed by atoms with Gasteiger partial charge in [0.2, 0.25) is 0 Å². The molecule has 0 bridgehead atoms. The van der Waals surface area contributed by atoms with E-state index in [2.05, 4.69) is 25.7 Å². The van der Waals surface area contributed by atoms with Gasteiger partial charge in [0.05, 0.1) is 6.04 Å². The van der Waals surface area contributed by atoms with Crippen molar-refractivity contribution in [3.63, 3.8) is 0 Å². The lowest BCUT2D eigenvalue weighted by Crippen LogP contribution is -2.50. The first-order chi connectivity index (χ1) is 21.8. The van der Waals surface area contributed by atoms with Gasteiger partial charge in [-0.15, -0.1) is 10.2 Å². The number of benzene rings is 2. The number of anilines is 1. The lowest BCUT2D eigenvalue weighted by molar-refractivity contribution is -0.122. The number of alkyl halides is 3. The topological polar surface area (TPSA) is 122 Å². The third-order valence-corrected chi connectivity index (χ3v) is 8.08. The molecule has 0 unspecified atom stereocenters. The number of nitrogens with one attached hydrogen (secondary N) is 1. The number of carbonyl (C=O) groups is 2. The minimum atomic E-state index is -2.90. The quantitative estimate of drug-likeness (QED) is 0.262. The van der Waals surface area contributed by atoms with Crippen molar-refractivity contribution in [1.82, 2.24) is 35.0 Å². The van der Waals surface area contributed by atoms with E-state index < -0.39 is 24.2 Å². The molecule has 1 N–H and O–H groups in total. The van der Waals surface area contributed by atoms with Crippen molar-refractivity contribution in [2.45, 2.75) is 31.1 Å². The second kappa shape index (κ2) is 11.4. The smallest absolute Gasteiger partial charge is 0.350 e. The van der Waals surface area contributed by atoms with E-state index >= 15 is 0 Å². The van der Waals surface area contributed by atoms with Crippen LogP contribution in [0, 0.1) is 0 Å². The zero-order valence-corrected chi connectivity index (χ0v) is 23.8. The van der Waals surface area contributed by atoms with Crippen LogP contribution in [-0.4, -0.2) is 78.7 Å². The number of nitrogens with zero attached hydrogens (tertiary/aromatic N) is 7. The summed E-state index contributed by atoms with van der Waals surface area (Å²) < 4.78 is 46.4. The molecule has 1 aliphatic carbocycles. The molecule has 2 amide bonds. The molecule has 4 heterocycles. The predicted molar refractivity (Wildman–Crippen MR) is 156 cm³/mol. The first kappa shape index (κ1) is 28.6. The van der Waals surface area contributed by atoms with Crippen molar-refractivity contribution in [2.24, 2.45) is 0 Å². The second-order valence-electron chi connectivity index (χ2n) is 11.1. The highest BCUT2D eigenvalue weighted by Gasteiger charge is 2.50. The summed E-state index contributed by atoms with van der Waals surface area (Å²) in [7, 11) is 0. The van der Waals surface area contributed by atoms with Gasteiger partial charge in [0.25, 0.3) is 11.8 Å². The SMILES string of the molecule is O=C(c1cc(-c2cc3cc(NC(=O)C4(F)CC4)ccc3o2)ccn1)N1CCN([C@@H](c2ccccc2)c2nnn(C(F)F)n2)CC1. The Labute approximate surface area is 254 Å². The summed E-state index contributed by atoms with van der Waals surface area (Å²) in [6.07, 6.45) is 2.00. The van der Waals surface area contributed by atoms with Crippen LogP contribution in [-0.2, 0) is 4.79 Å². The molecular formula is C31H27F3N8O3. The van der Waals surface area contributed by atoms with Crippen LogP contribution in [0.4, 0.5) is 18.9 Å². The fourth-order valence-electron chi connectivity index (χ4n) is 5.48. The lowest BCUT2D eigenvalue weighted by Gasteiger charge is -2.38. The van der Waals surface area contributed by atoms with Crippen LogP contribution >= 0.6 is 0 Å². The van der Waals surface area contributed by atoms with Gasteiger partial charge in [0.1, 0.15) is 17.0 Å².